The van der Waals surface area contributed by atoms with Gasteiger partial charge in [-0.05, 0) is 99.1 Å². The molecule has 0 radical (unpaired) electrons. The van der Waals surface area contributed by atoms with Gasteiger partial charge in [-0.25, -0.2) is 9.97 Å². The van der Waals surface area contributed by atoms with Crippen LogP contribution in [-0.2, 0) is 11.8 Å². The Balaban J connectivity index is 1.39. The van der Waals surface area contributed by atoms with Gasteiger partial charge in [-0.3, -0.25) is 4.90 Å². The van der Waals surface area contributed by atoms with Crippen LogP contribution in [0.1, 0.15) is 48.2 Å². The van der Waals surface area contributed by atoms with E-state index in [2.05, 4.69) is 41.8 Å². The highest BCUT2D eigenvalue weighted by Crippen LogP contribution is 2.75. The second-order valence-electron chi connectivity index (χ2n) is 11.5. The third kappa shape index (κ3) is 2.41. The molecule has 2 aromatic rings. The van der Waals surface area contributed by atoms with Crippen molar-refractivity contribution in [2.45, 2.75) is 63.5 Å². The zero-order valence-corrected chi connectivity index (χ0v) is 19.8. The average Bonchev–Trinajstić information content (AvgIpc) is 3.22. The first-order chi connectivity index (χ1) is 16.0. The van der Waals surface area contributed by atoms with Gasteiger partial charge in [-0.1, -0.05) is 6.07 Å². The molecule has 174 valence electrons. The van der Waals surface area contributed by atoms with Gasteiger partial charge < -0.3 is 15.7 Å². The van der Waals surface area contributed by atoms with Crippen LogP contribution in [0.2, 0.25) is 0 Å². The normalized spacial score (nSPS) is 38.3. The molecule has 3 N–H and O–H groups in total. The largest absolute Gasteiger partial charge is 0.508 e. The molecule has 5 unspecified atom stereocenters. The molecule has 2 aliphatic heterocycles. The van der Waals surface area contributed by atoms with Gasteiger partial charge in [0.25, 0.3) is 0 Å². The van der Waals surface area contributed by atoms with Crippen LogP contribution in [-0.4, -0.2) is 58.2 Å². The number of nitrogens with two attached hydrogens (primary N) is 1. The minimum Gasteiger partial charge on any atom is -0.508 e. The number of benzene rings is 1. The molecule has 4 bridgehead atoms. The lowest BCUT2D eigenvalue weighted by molar-refractivity contribution is -0.0897. The first-order valence-electron chi connectivity index (χ1n) is 12.8. The lowest BCUT2D eigenvalue weighted by Gasteiger charge is -2.66. The second kappa shape index (κ2) is 6.70. The van der Waals surface area contributed by atoms with Crippen molar-refractivity contribution in [1.29, 1.82) is 0 Å². The highest BCUT2D eigenvalue weighted by atomic mass is 16.3. The summed E-state index contributed by atoms with van der Waals surface area (Å²) in [5.74, 6) is 2.63. The van der Waals surface area contributed by atoms with E-state index in [9.17, 15) is 5.11 Å². The molecular weight excluding hydrogens is 410 g/mol. The van der Waals surface area contributed by atoms with Crippen LogP contribution in [0.3, 0.4) is 0 Å². The summed E-state index contributed by atoms with van der Waals surface area (Å²) in [6, 6.07) is 9.37. The van der Waals surface area contributed by atoms with Gasteiger partial charge in [0.15, 0.2) is 0 Å². The number of fused-ring (bicyclic) bond motifs is 1. The molecule has 3 heterocycles. The highest BCUT2D eigenvalue weighted by molar-refractivity contribution is 5.53. The van der Waals surface area contributed by atoms with E-state index in [1.165, 1.54) is 36.8 Å². The molecule has 5 aliphatic rings. The summed E-state index contributed by atoms with van der Waals surface area (Å²) >= 11 is 0. The summed E-state index contributed by atoms with van der Waals surface area (Å²) in [4.78, 5) is 15.1. The minimum absolute atomic E-state index is 0.149. The number of likely N-dealkylation sites (tertiary alicyclic amines) is 1. The van der Waals surface area contributed by atoms with Gasteiger partial charge in [-0.15, -0.1) is 0 Å². The van der Waals surface area contributed by atoms with Crippen LogP contribution >= 0.6 is 0 Å². The van der Waals surface area contributed by atoms with Crippen molar-refractivity contribution in [3.05, 3.63) is 46.8 Å². The van der Waals surface area contributed by atoms with E-state index in [-0.39, 0.29) is 5.41 Å². The molecular formula is C27H35N5O. The third-order valence-electron chi connectivity index (χ3n) is 10.2. The molecule has 7 rings (SSSR count). The Morgan fingerprint density at radius 2 is 1.97 bits per heavy atom. The summed E-state index contributed by atoms with van der Waals surface area (Å²) in [6.07, 6.45) is 6.05. The predicted octanol–water partition coefficient (Wildman–Crippen LogP) is 2.93. The number of piperidine rings is 1. The Kier molecular flexibility index (Phi) is 4.10. The van der Waals surface area contributed by atoms with Crippen LogP contribution in [0.25, 0.3) is 0 Å². The fourth-order valence-corrected chi connectivity index (χ4v) is 9.59. The molecule has 0 amide bonds. The van der Waals surface area contributed by atoms with Crippen molar-refractivity contribution in [3.8, 4) is 5.75 Å². The molecule has 33 heavy (non-hydrogen) atoms. The lowest BCUT2D eigenvalue weighted by atomic mass is 9.43. The fourth-order valence-electron chi connectivity index (χ4n) is 9.59. The van der Waals surface area contributed by atoms with E-state index in [0.717, 1.165) is 49.9 Å². The molecule has 2 saturated carbocycles. The predicted molar refractivity (Wildman–Crippen MR) is 128 cm³/mol. The number of anilines is 1. The van der Waals surface area contributed by atoms with E-state index in [1.807, 2.05) is 6.07 Å². The van der Waals surface area contributed by atoms with Gasteiger partial charge in [-0.2, -0.15) is 0 Å². The van der Waals surface area contributed by atoms with Crippen molar-refractivity contribution in [3.63, 3.8) is 0 Å². The molecule has 6 atom stereocenters. The summed E-state index contributed by atoms with van der Waals surface area (Å²) in [6.45, 7) is 8.08. The summed E-state index contributed by atoms with van der Waals surface area (Å²) < 4.78 is 0. The van der Waals surface area contributed by atoms with Gasteiger partial charge >= 0.3 is 0 Å². The molecule has 0 spiro atoms. The molecule has 1 aromatic carbocycles. The quantitative estimate of drug-likeness (QED) is 0.756. The molecule has 1 aromatic heterocycles. The van der Waals surface area contributed by atoms with E-state index >= 15 is 0 Å². The third-order valence-corrected chi connectivity index (χ3v) is 10.2. The SMILES string of the molecule is Cc1cc(C)nc(N2C[C@H]3CC45CCC2C3C42CCN(CCN)C5Cc3ccc(O)cc32)n1. The van der Waals surface area contributed by atoms with Gasteiger partial charge in [0.2, 0.25) is 5.95 Å². The Morgan fingerprint density at radius 1 is 1.15 bits per heavy atom. The van der Waals surface area contributed by atoms with Gasteiger partial charge in [0.1, 0.15) is 5.75 Å². The Morgan fingerprint density at radius 3 is 2.76 bits per heavy atom. The summed E-state index contributed by atoms with van der Waals surface area (Å²) in [7, 11) is 0. The first-order valence-corrected chi connectivity index (χ1v) is 12.8. The number of phenols is 1. The number of rotatable bonds is 3. The molecule has 4 fully saturated rings. The lowest BCUT2D eigenvalue weighted by Crippen LogP contribution is -2.70. The maximum Gasteiger partial charge on any atom is 0.226 e. The number of aromatic hydroxyl groups is 1. The fraction of sp³-hybridized carbons (Fsp3) is 0.630. The Hall–Kier alpha value is -2.18. The Bertz CT molecular complexity index is 1120. The van der Waals surface area contributed by atoms with E-state index in [0.29, 0.717) is 35.1 Å². The number of phenolic OH excluding ortho intramolecular Hbond substituents is 1. The average molecular weight is 446 g/mol. The standard InChI is InChI=1S/C27H35N5O/c1-16-11-17(2)30-25(29-16)32-15-19-14-26-6-5-22(32)24(19)27(26)7-9-31(10-8-28)23(26)12-18-3-4-20(33)13-21(18)27/h3-4,11,13,19,22-24,33H,5-10,12,14-15,28H2,1-2H3/t19-,22?,23?,24?,26?,27?/m1/s1. The number of nitrogens with zero attached hydrogens (tertiary/aromatic N) is 4. The Labute approximate surface area is 196 Å². The molecule has 3 aliphatic carbocycles. The molecule has 6 nitrogen and oxygen atoms in total. The maximum absolute atomic E-state index is 10.6. The van der Waals surface area contributed by atoms with Crippen molar-refractivity contribution in [1.82, 2.24) is 14.9 Å². The zero-order chi connectivity index (χ0) is 22.5. The number of hydrogen-bond acceptors (Lipinski definition) is 6. The van der Waals surface area contributed by atoms with Crippen molar-refractivity contribution in [2.75, 3.05) is 31.1 Å². The molecule has 6 heteroatoms. The first kappa shape index (κ1) is 20.2. The topological polar surface area (TPSA) is 78.5 Å². The van der Waals surface area contributed by atoms with Crippen LogP contribution in [0.5, 0.6) is 5.75 Å². The van der Waals surface area contributed by atoms with Gasteiger partial charge in [0, 0.05) is 48.5 Å². The number of aryl methyl sites for hydroxylation is 2. The van der Waals surface area contributed by atoms with Gasteiger partial charge in [0.05, 0.1) is 0 Å². The summed E-state index contributed by atoms with van der Waals surface area (Å²) in [5, 5.41) is 10.6. The van der Waals surface area contributed by atoms with Crippen LogP contribution in [0, 0.1) is 31.1 Å². The maximum atomic E-state index is 10.6. The van der Waals surface area contributed by atoms with Crippen molar-refractivity contribution >= 4 is 5.95 Å². The number of hydrogen-bond donors (Lipinski definition) is 2. The van der Waals surface area contributed by atoms with Crippen LogP contribution < -0.4 is 10.6 Å². The van der Waals surface area contributed by atoms with E-state index in [4.69, 9.17) is 15.7 Å². The van der Waals surface area contributed by atoms with E-state index in [1.54, 1.807) is 0 Å². The van der Waals surface area contributed by atoms with Crippen molar-refractivity contribution in [2.24, 2.45) is 23.0 Å². The minimum atomic E-state index is 0.149. The van der Waals surface area contributed by atoms with Crippen molar-refractivity contribution < 1.29 is 5.11 Å². The van der Waals surface area contributed by atoms with Crippen LogP contribution in [0.4, 0.5) is 5.95 Å². The van der Waals surface area contributed by atoms with Crippen LogP contribution in [0.15, 0.2) is 24.3 Å². The van der Waals surface area contributed by atoms with E-state index < -0.39 is 0 Å². The molecule has 2 saturated heterocycles. The second-order valence-corrected chi connectivity index (χ2v) is 11.5. The monoisotopic (exact) mass is 445 g/mol. The smallest absolute Gasteiger partial charge is 0.226 e. The zero-order valence-electron chi connectivity index (χ0n) is 19.8. The summed E-state index contributed by atoms with van der Waals surface area (Å²) in [5.41, 5.74) is 11.6. The number of aromatic nitrogens is 2. The highest BCUT2D eigenvalue weighted by Gasteiger charge is 2.76.